The van der Waals surface area contributed by atoms with Crippen LogP contribution in [0.4, 0.5) is 18.9 Å². The zero-order chi connectivity index (χ0) is 19.6. The number of ether oxygens (including phenoxy) is 1. The number of fused-ring (bicyclic) bond motifs is 1. The van der Waals surface area contributed by atoms with Crippen LogP contribution in [0.25, 0.3) is 11.0 Å². The Morgan fingerprint density at radius 1 is 1.15 bits per heavy atom. The number of amides is 1. The van der Waals surface area contributed by atoms with Gasteiger partial charge in [-0.1, -0.05) is 18.2 Å². The molecule has 0 radical (unpaired) electrons. The number of anilines is 1. The number of para-hydroxylation sites is 1. The molecular weight excluding hydrogens is 363 g/mol. The number of hydrogen-bond donors (Lipinski definition) is 1. The van der Waals surface area contributed by atoms with Crippen LogP contribution in [0.2, 0.25) is 0 Å². The zero-order valence-corrected chi connectivity index (χ0v) is 14.1. The number of carbonyl (C=O) groups is 1. The average Bonchev–Trinajstić information content (AvgIpc) is 2.61. The molecule has 0 saturated heterocycles. The van der Waals surface area contributed by atoms with E-state index in [4.69, 9.17) is 9.15 Å². The molecule has 3 rings (SSSR count). The predicted molar refractivity (Wildman–Crippen MR) is 93.1 cm³/mol. The molecule has 0 bridgehead atoms. The second-order valence-electron chi connectivity index (χ2n) is 5.58. The molecule has 1 aromatic heterocycles. The average molecular weight is 377 g/mol. The first-order chi connectivity index (χ1) is 12.8. The molecule has 0 aliphatic rings. The number of carbonyl (C=O) groups excluding carboxylic acids is 1. The van der Waals surface area contributed by atoms with Gasteiger partial charge in [0.05, 0.1) is 17.9 Å². The maximum absolute atomic E-state index is 13.0. The molecule has 0 aliphatic heterocycles. The SMILES string of the molecule is CCOc1ccc(C(F)(F)F)cc1NC(=O)c1cc2ccccc2oc1=O. The number of hydrogen-bond acceptors (Lipinski definition) is 4. The topological polar surface area (TPSA) is 68.5 Å². The Hall–Kier alpha value is -3.29. The summed E-state index contributed by atoms with van der Waals surface area (Å²) in [4.78, 5) is 24.6. The van der Waals surface area contributed by atoms with E-state index in [1.165, 1.54) is 6.07 Å². The fourth-order valence-electron chi connectivity index (χ4n) is 2.50. The molecule has 0 spiro atoms. The van der Waals surface area contributed by atoms with Crippen molar-refractivity contribution in [2.24, 2.45) is 0 Å². The molecule has 5 nitrogen and oxygen atoms in total. The Balaban J connectivity index is 2.00. The lowest BCUT2D eigenvalue weighted by Gasteiger charge is -2.14. The lowest BCUT2D eigenvalue weighted by atomic mass is 10.1. The third kappa shape index (κ3) is 3.94. The molecule has 8 heteroatoms. The first-order valence-corrected chi connectivity index (χ1v) is 7.98. The molecular formula is C19H14F3NO4. The van der Waals surface area contributed by atoms with Crippen molar-refractivity contribution < 1.29 is 27.1 Å². The normalized spacial score (nSPS) is 11.4. The van der Waals surface area contributed by atoms with Crippen molar-refractivity contribution in [3.63, 3.8) is 0 Å². The number of alkyl halides is 3. The van der Waals surface area contributed by atoms with Crippen LogP contribution in [0.15, 0.2) is 57.7 Å². The summed E-state index contributed by atoms with van der Waals surface area (Å²) in [7, 11) is 0. The molecule has 27 heavy (non-hydrogen) atoms. The van der Waals surface area contributed by atoms with Crippen LogP contribution >= 0.6 is 0 Å². The summed E-state index contributed by atoms with van der Waals surface area (Å²) in [5, 5.41) is 2.82. The van der Waals surface area contributed by atoms with Gasteiger partial charge in [0.15, 0.2) is 0 Å². The molecule has 2 aromatic carbocycles. The maximum Gasteiger partial charge on any atom is 0.416 e. The number of nitrogens with one attached hydrogen (secondary N) is 1. The molecule has 3 aromatic rings. The van der Waals surface area contributed by atoms with E-state index >= 15 is 0 Å². The van der Waals surface area contributed by atoms with Crippen LogP contribution < -0.4 is 15.7 Å². The van der Waals surface area contributed by atoms with Crippen molar-refractivity contribution in [2.75, 3.05) is 11.9 Å². The van der Waals surface area contributed by atoms with Gasteiger partial charge in [-0.05, 0) is 37.3 Å². The van der Waals surface area contributed by atoms with E-state index < -0.39 is 23.3 Å². The van der Waals surface area contributed by atoms with Crippen LogP contribution in [-0.4, -0.2) is 12.5 Å². The van der Waals surface area contributed by atoms with Crippen LogP contribution in [0.1, 0.15) is 22.8 Å². The molecule has 140 valence electrons. The minimum Gasteiger partial charge on any atom is -0.492 e. The van der Waals surface area contributed by atoms with Gasteiger partial charge >= 0.3 is 11.8 Å². The molecule has 0 fully saturated rings. The molecule has 0 aliphatic carbocycles. The van der Waals surface area contributed by atoms with Crippen molar-refractivity contribution in [2.45, 2.75) is 13.1 Å². The minimum atomic E-state index is -4.59. The molecule has 1 amide bonds. The van der Waals surface area contributed by atoms with Gasteiger partial charge in [0.2, 0.25) is 0 Å². The lowest BCUT2D eigenvalue weighted by Crippen LogP contribution is -2.21. The largest absolute Gasteiger partial charge is 0.492 e. The highest BCUT2D eigenvalue weighted by Gasteiger charge is 2.31. The molecule has 0 unspecified atom stereocenters. The van der Waals surface area contributed by atoms with Crippen LogP contribution in [-0.2, 0) is 6.18 Å². The highest BCUT2D eigenvalue weighted by atomic mass is 19.4. The predicted octanol–water partition coefficient (Wildman–Crippen LogP) is 4.46. The second-order valence-corrected chi connectivity index (χ2v) is 5.58. The smallest absolute Gasteiger partial charge is 0.416 e. The molecule has 1 heterocycles. The Labute approximate surface area is 151 Å². The van der Waals surface area contributed by atoms with E-state index in [-0.39, 0.29) is 23.6 Å². The summed E-state index contributed by atoms with van der Waals surface area (Å²) >= 11 is 0. The summed E-state index contributed by atoms with van der Waals surface area (Å²) in [5.41, 5.74) is -2.06. The summed E-state index contributed by atoms with van der Waals surface area (Å²) < 4.78 is 49.2. The third-order valence-corrected chi connectivity index (χ3v) is 3.74. The Morgan fingerprint density at radius 3 is 2.59 bits per heavy atom. The van der Waals surface area contributed by atoms with Crippen LogP contribution in [0.5, 0.6) is 5.75 Å². The van der Waals surface area contributed by atoms with Gasteiger partial charge in [-0.3, -0.25) is 4.79 Å². The van der Waals surface area contributed by atoms with E-state index in [0.29, 0.717) is 11.0 Å². The summed E-state index contributed by atoms with van der Waals surface area (Å²) in [6.45, 7) is 1.84. The first-order valence-electron chi connectivity index (χ1n) is 7.98. The van der Waals surface area contributed by atoms with Gasteiger partial charge in [0, 0.05) is 5.39 Å². The van der Waals surface area contributed by atoms with Crippen molar-refractivity contribution in [3.05, 3.63) is 70.1 Å². The Kier molecular flexibility index (Phi) is 4.89. The Bertz CT molecular complexity index is 1060. The fraction of sp³-hybridized carbons (Fsp3) is 0.158. The van der Waals surface area contributed by atoms with Crippen LogP contribution in [0.3, 0.4) is 0 Å². The zero-order valence-electron chi connectivity index (χ0n) is 14.1. The highest BCUT2D eigenvalue weighted by molar-refractivity contribution is 6.06. The van der Waals surface area contributed by atoms with Gasteiger partial charge in [0.1, 0.15) is 16.9 Å². The first kappa shape index (κ1) is 18.5. The fourth-order valence-corrected chi connectivity index (χ4v) is 2.50. The van der Waals surface area contributed by atoms with Crippen molar-refractivity contribution in [3.8, 4) is 5.75 Å². The molecule has 0 saturated carbocycles. The highest BCUT2D eigenvalue weighted by Crippen LogP contribution is 2.35. The lowest BCUT2D eigenvalue weighted by molar-refractivity contribution is -0.137. The van der Waals surface area contributed by atoms with Gasteiger partial charge < -0.3 is 14.5 Å². The summed E-state index contributed by atoms with van der Waals surface area (Å²) in [6.07, 6.45) is -4.59. The number of halogens is 3. The van der Waals surface area contributed by atoms with E-state index in [9.17, 15) is 22.8 Å². The van der Waals surface area contributed by atoms with E-state index in [0.717, 1.165) is 18.2 Å². The van der Waals surface area contributed by atoms with Gasteiger partial charge in [-0.2, -0.15) is 13.2 Å². The summed E-state index contributed by atoms with van der Waals surface area (Å²) in [6, 6.07) is 10.6. The van der Waals surface area contributed by atoms with Crippen LogP contribution in [0, 0.1) is 0 Å². The van der Waals surface area contributed by atoms with Crippen molar-refractivity contribution in [1.29, 1.82) is 0 Å². The van der Waals surface area contributed by atoms with E-state index in [1.807, 2.05) is 0 Å². The van der Waals surface area contributed by atoms with Gasteiger partial charge in [0.25, 0.3) is 5.91 Å². The second kappa shape index (κ2) is 7.14. The maximum atomic E-state index is 13.0. The van der Waals surface area contributed by atoms with E-state index in [1.54, 1.807) is 31.2 Å². The minimum absolute atomic E-state index is 0.0593. The van der Waals surface area contributed by atoms with Crippen molar-refractivity contribution >= 4 is 22.6 Å². The molecule has 0 atom stereocenters. The monoisotopic (exact) mass is 377 g/mol. The number of benzene rings is 2. The van der Waals surface area contributed by atoms with Gasteiger partial charge in [-0.25, -0.2) is 4.79 Å². The Morgan fingerprint density at radius 2 is 1.89 bits per heavy atom. The quantitative estimate of drug-likeness (QED) is 0.682. The standard InChI is InChI=1S/C19H14F3NO4/c1-2-26-16-8-7-12(19(20,21)22)10-14(16)23-17(24)13-9-11-5-3-4-6-15(11)27-18(13)25/h3-10H,2H2,1H3,(H,23,24). The van der Waals surface area contributed by atoms with E-state index in [2.05, 4.69) is 5.32 Å². The van der Waals surface area contributed by atoms with Gasteiger partial charge in [-0.15, -0.1) is 0 Å². The third-order valence-electron chi connectivity index (χ3n) is 3.74. The van der Waals surface area contributed by atoms with Crippen molar-refractivity contribution in [1.82, 2.24) is 0 Å². The molecule has 1 N–H and O–H groups in total. The number of rotatable bonds is 4. The summed E-state index contributed by atoms with van der Waals surface area (Å²) in [5.74, 6) is -0.834.